The Hall–Kier alpha value is -1.23. The molecule has 1 heterocycles. The molecule has 0 aromatic heterocycles. The fourth-order valence-electron chi connectivity index (χ4n) is 3.07. The second-order valence-electron chi connectivity index (χ2n) is 5.74. The summed E-state index contributed by atoms with van der Waals surface area (Å²) >= 11 is 18.0. The molecule has 0 radical (unpaired) electrons. The Balaban J connectivity index is 1.84. The highest BCUT2D eigenvalue weighted by Crippen LogP contribution is 2.33. The molecule has 122 valence electrons. The van der Waals surface area contributed by atoms with Gasteiger partial charge in [0, 0.05) is 21.8 Å². The zero-order valence-corrected chi connectivity index (χ0v) is 14.5. The molecular formula is C16H15Cl3N2O2. The van der Waals surface area contributed by atoms with Crippen LogP contribution in [0.4, 0.5) is 5.69 Å². The van der Waals surface area contributed by atoms with E-state index in [4.69, 9.17) is 34.8 Å². The number of anilines is 1. The minimum absolute atomic E-state index is 0.0697. The fraction of sp³-hybridized carbons (Fsp3) is 0.375. The standard InChI is InChI=1S/C16H15Cl3N2O2/c17-9-6-10(18)8-11(7-9)20-14-13(19)15(22)21(16(14)23)12-4-2-1-3-5-12/h6-8,12,20H,1-5H2. The topological polar surface area (TPSA) is 49.4 Å². The summed E-state index contributed by atoms with van der Waals surface area (Å²) in [4.78, 5) is 26.3. The maximum absolute atomic E-state index is 12.6. The van der Waals surface area contributed by atoms with Crippen molar-refractivity contribution in [1.82, 2.24) is 4.90 Å². The summed E-state index contributed by atoms with van der Waals surface area (Å²) in [5.74, 6) is -0.817. The van der Waals surface area contributed by atoms with Crippen molar-refractivity contribution in [3.8, 4) is 0 Å². The molecule has 2 amide bonds. The number of rotatable bonds is 3. The summed E-state index contributed by atoms with van der Waals surface area (Å²) in [5, 5.41) is 3.66. The molecule has 1 aromatic carbocycles. The average Bonchev–Trinajstić information content (AvgIpc) is 2.71. The number of carbonyl (C=O) groups excluding carboxylic acids is 2. The van der Waals surface area contributed by atoms with Gasteiger partial charge in [-0.3, -0.25) is 14.5 Å². The zero-order chi connectivity index (χ0) is 16.6. The third-order valence-corrected chi connectivity index (χ3v) is 4.92. The molecule has 2 aliphatic rings. The molecule has 1 saturated carbocycles. The van der Waals surface area contributed by atoms with Crippen molar-refractivity contribution >= 4 is 52.3 Å². The minimum Gasteiger partial charge on any atom is -0.350 e. The molecule has 1 N–H and O–H groups in total. The van der Waals surface area contributed by atoms with Crippen molar-refractivity contribution in [2.45, 2.75) is 38.1 Å². The van der Waals surface area contributed by atoms with Crippen molar-refractivity contribution < 1.29 is 9.59 Å². The summed E-state index contributed by atoms with van der Waals surface area (Å²) in [7, 11) is 0. The highest BCUT2D eigenvalue weighted by Gasteiger charge is 2.42. The number of nitrogens with zero attached hydrogens (tertiary/aromatic N) is 1. The first kappa shape index (κ1) is 16.6. The van der Waals surface area contributed by atoms with Crippen molar-refractivity contribution in [2.75, 3.05) is 5.32 Å². The van der Waals surface area contributed by atoms with Crippen LogP contribution in [0, 0.1) is 0 Å². The maximum Gasteiger partial charge on any atom is 0.279 e. The normalized spacial score (nSPS) is 19.7. The maximum atomic E-state index is 12.6. The number of carbonyl (C=O) groups is 2. The van der Waals surface area contributed by atoms with Crippen LogP contribution in [0.1, 0.15) is 32.1 Å². The molecule has 1 fully saturated rings. The third kappa shape index (κ3) is 3.35. The zero-order valence-electron chi connectivity index (χ0n) is 12.2. The predicted octanol–water partition coefficient (Wildman–Crippen LogP) is 4.56. The van der Waals surface area contributed by atoms with Gasteiger partial charge in [-0.1, -0.05) is 54.1 Å². The number of hydrogen-bond acceptors (Lipinski definition) is 3. The number of benzene rings is 1. The lowest BCUT2D eigenvalue weighted by Crippen LogP contribution is -2.42. The fourth-order valence-corrected chi connectivity index (χ4v) is 3.81. The molecule has 0 atom stereocenters. The molecule has 7 heteroatoms. The SMILES string of the molecule is O=C1C(Cl)=C(Nc2cc(Cl)cc(Cl)c2)C(=O)N1C1CCCCC1. The van der Waals surface area contributed by atoms with Gasteiger partial charge in [0.05, 0.1) is 0 Å². The Morgan fingerprint density at radius 2 is 1.52 bits per heavy atom. The Labute approximate surface area is 149 Å². The van der Waals surface area contributed by atoms with E-state index in [9.17, 15) is 9.59 Å². The van der Waals surface area contributed by atoms with E-state index in [1.807, 2.05) is 0 Å². The molecule has 23 heavy (non-hydrogen) atoms. The van der Waals surface area contributed by atoms with Gasteiger partial charge in [0.1, 0.15) is 10.7 Å². The van der Waals surface area contributed by atoms with E-state index in [1.165, 1.54) is 4.90 Å². The third-order valence-electron chi connectivity index (χ3n) is 4.13. The van der Waals surface area contributed by atoms with E-state index in [2.05, 4.69) is 5.32 Å². The second kappa shape index (κ2) is 6.71. The summed E-state index contributed by atoms with van der Waals surface area (Å²) in [6.45, 7) is 0. The van der Waals surface area contributed by atoms with Gasteiger partial charge in [-0.25, -0.2) is 0 Å². The summed E-state index contributed by atoms with van der Waals surface area (Å²) < 4.78 is 0. The lowest BCUT2D eigenvalue weighted by Gasteiger charge is -2.29. The second-order valence-corrected chi connectivity index (χ2v) is 7.00. The minimum atomic E-state index is -0.431. The number of imide groups is 1. The Morgan fingerprint density at radius 3 is 2.13 bits per heavy atom. The van der Waals surface area contributed by atoms with E-state index in [-0.39, 0.29) is 22.7 Å². The van der Waals surface area contributed by atoms with Gasteiger partial charge in [0.15, 0.2) is 0 Å². The molecule has 0 saturated heterocycles. The van der Waals surface area contributed by atoms with Gasteiger partial charge in [-0.15, -0.1) is 0 Å². The van der Waals surface area contributed by atoms with Crippen LogP contribution >= 0.6 is 34.8 Å². The number of hydrogen-bond donors (Lipinski definition) is 1. The smallest absolute Gasteiger partial charge is 0.279 e. The molecule has 4 nitrogen and oxygen atoms in total. The van der Waals surface area contributed by atoms with E-state index in [1.54, 1.807) is 18.2 Å². The number of amides is 2. The molecule has 3 rings (SSSR count). The van der Waals surface area contributed by atoms with Gasteiger partial charge >= 0.3 is 0 Å². The van der Waals surface area contributed by atoms with Crippen molar-refractivity contribution in [3.63, 3.8) is 0 Å². The van der Waals surface area contributed by atoms with Crippen LogP contribution in [0.3, 0.4) is 0 Å². The van der Waals surface area contributed by atoms with E-state index in [0.29, 0.717) is 15.7 Å². The highest BCUT2D eigenvalue weighted by atomic mass is 35.5. The van der Waals surface area contributed by atoms with Gasteiger partial charge in [0.2, 0.25) is 0 Å². The molecule has 1 aliphatic heterocycles. The van der Waals surface area contributed by atoms with Crippen LogP contribution in [-0.4, -0.2) is 22.8 Å². The van der Waals surface area contributed by atoms with Crippen LogP contribution in [0.15, 0.2) is 28.9 Å². The summed E-state index contributed by atoms with van der Waals surface area (Å²) in [5.41, 5.74) is 0.600. The van der Waals surface area contributed by atoms with Crippen LogP contribution in [0.5, 0.6) is 0 Å². The summed E-state index contributed by atoms with van der Waals surface area (Å²) in [6.07, 6.45) is 4.84. The summed E-state index contributed by atoms with van der Waals surface area (Å²) in [6, 6.07) is 4.75. The lowest BCUT2D eigenvalue weighted by molar-refractivity contribution is -0.140. The average molecular weight is 374 g/mol. The highest BCUT2D eigenvalue weighted by molar-refractivity contribution is 6.48. The van der Waals surface area contributed by atoms with E-state index in [0.717, 1.165) is 32.1 Å². The Morgan fingerprint density at radius 1 is 0.913 bits per heavy atom. The Kier molecular flexibility index (Phi) is 4.85. The predicted molar refractivity (Wildman–Crippen MR) is 91.7 cm³/mol. The number of nitrogens with one attached hydrogen (secondary N) is 1. The van der Waals surface area contributed by atoms with Gasteiger partial charge < -0.3 is 5.32 Å². The molecule has 1 aromatic rings. The van der Waals surface area contributed by atoms with Crippen molar-refractivity contribution in [3.05, 3.63) is 39.0 Å². The quantitative estimate of drug-likeness (QED) is 0.790. The number of halogens is 3. The Bertz CT molecular complexity index is 676. The first-order valence-electron chi connectivity index (χ1n) is 7.48. The molecule has 1 aliphatic carbocycles. The van der Waals surface area contributed by atoms with Crippen LogP contribution in [0.2, 0.25) is 10.0 Å². The van der Waals surface area contributed by atoms with Crippen LogP contribution in [0.25, 0.3) is 0 Å². The molecular weight excluding hydrogens is 359 g/mol. The van der Waals surface area contributed by atoms with E-state index < -0.39 is 5.91 Å². The first-order valence-corrected chi connectivity index (χ1v) is 8.61. The largest absolute Gasteiger partial charge is 0.350 e. The first-order chi connectivity index (χ1) is 11.0. The lowest BCUT2D eigenvalue weighted by atomic mass is 9.94. The molecule has 0 spiro atoms. The van der Waals surface area contributed by atoms with Crippen molar-refractivity contribution in [1.29, 1.82) is 0 Å². The van der Waals surface area contributed by atoms with Gasteiger partial charge in [-0.05, 0) is 31.0 Å². The van der Waals surface area contributed by atoms with Gasteiger partial charge in [0.25, 0.3) is 11.8 Å². The van der Waals surface area contributed by atoms with Crippen molar-refractivity contribution in [2.24, 2.45) is 0 Å². The van der Waals surface area contributed by atoms with Crippen LogP contribution < -0.4 is 5.32 Å². The van der Waals surface area contributed by atoms with Gasteiger partial charge in [-0.2, -0.15) is 0 Å². The monoisotopic (exact) mass is 372 g/mol. The van der Waals surface area contributed by atoms with Crippen LogP contribution in [-0.2, 0) is 9.59 Å². The molecule has 0 unspecified atom stereocenters. The van der Waals surface area contributed by atoms with E-state index >= 15 is 0 Å². The molecule has 0 bridgehead atoms.